The summed E-state index contributed by atoms with van der Waals surface area (Å²) in [7, 11) is 1.38. The maximum Gasteiger partial charge on any atom is 0.334 e. The molecule has 0 unspecified atom stereocenters. The molecule has 2 N–H and O–H groups in total. The second-order valence-corrected chi connectivity index (χ2v) is 2.44. The lowest BCUT2D eigenvalue weighted by atomic mass is 10.8. The normalized spacial score (nSPS) is 8.30. The van der Waals surface area contributed by atoms with Crippen molar-refractivity contribution in [3.63, 3.8) is 0 Å². The minimum atomic E-state index is -0.449. The van der Waals surface area contributed by atoms with Gasteiger partial charge in [0.1, 0.15) is 0 Å². The third kappa shape index (κ3) is 2.86. The van der Waals surface area contributed by atoms with Crippen LogP contribution in [0.4, 0.5) is 9.59 Å². The van der Waals surface area contributed by atoms with Gasteiger partial charge in [0.25, 0.3) is 0 Å². The standard InChI is InChI=1S/C3H5I2N3O2/c1-8(2(9)6-4)3(10)7-5/h1H3,(H,6,9)(H,7,10). The number of nitrogens with zero attached hydrogens (tertiary/aromatic N) is 1. The molecule has 0 radical (unpaired) electrons. The summed E-state index contributed by atoms with van der Waals surface area (Å²) < 4.78 is 4.55. The molecule has 0 aromatic heterocycles. The van der Waals surface area contributed by atoms with E-state index in [2.05, 4.69) is 7.06 Å². The van der Waals surface area contributed by atoms with E-state index >= 15 is 0 Å². The van der Waals surface area contributed by atoms with E-state index in [0.29, 0.717) is 0 Å². The Morgan fingerprint density at radius 2 is 1.50 bits per heavy atom. The van der Waals surface area contributed by atoms with Gasteiger partial charge in [0.2, 0.25) is 0 Å². The van der Waals surface area contributed by atoms with E-state index in [9.17, 15) is 9.59 Å². The van der Waals surface area contributed by atoms with Crippen LogP contribution in [0.2, 0.25) is 0 Å². The van der Waals surface area contributed by atoms with Crippen molar-refractivity contribution in [2.45, 2.75) is 0 Å². The van der Waals surface area contributed by atoms with Crippen molar-refractivity contribution in [2.75, 3.05) is 7.05 Å². The van der Waals surface area contributed by atoms with E-state index in [4.69, 9.17) is 0 Å². The van der Waals surface area contributed by atoms with E-state index in [1.54, 1.807) is 45.7 Å². The summed E-state index contributed by atoms with van der Waals surface area (Å²) in [5, 5.41) is 0. The Morgan fingerprint density at radius 3 is 1.70 bits per heavy atom. The Morgan fingerprint density at radius 1 is 1.20 bits per heavy atom. The molecule has 0 bridgehead atoms. The van der Waals surface area contributed by atoms with Crippen LogP contribution >= 0.6 is 45.7 Å². The quantitative estimate of drug-likeness (QED) is 0.495. The highest BCUT2D eigenvalue weighted by molar-refractivity contribution is 14.1. The van der Waals surface area contributed by atoms with Crippen molar-refractivity contribution in [1.82, 2.24) is 12.0 Å². The molecule has 4 amide bonds. The Hall–Kier alpha value is 0.200. The van der Waals surface area contributed by atoms with E-state index in [-0.39, 0.29) is 0 Å². The average Bonchev–Trinajstić information content (AvgIpc) is 2.00. The molecule has 0 aromatic rings. The number of imide groups is 1. The van der Waals surface area contributed by atoms with Crippen molar-refractivity contribution in [3.8, 4) is 0 Å². The summed E-state index contributed by atoms with van der Waals surface area (Å²) in [4.78, 5) is 22.2. The zero-order valence-electron chi connectivity index (χ0n) is 5.02. The van der Waals surface area contributed by atoms with Crippen LogP contribution < -0.4 is 7.06 Å². The highest BCUT2D eigenvalue weighted by Crippen LogP contribution is 1.88. The molecule has 0 atom stereocenters. The Kier molecular flexibility index (Phi) is 5.03. The molecule has 0 heterocycles. The fourth-order valence-corrected chi connectivity index (χ4v) is 0.943. The molecule has 10 heavy (non-hydrogen) atoms. The second-order valence-electron chi connectivity index (χ2n) is 1.36. The number of rotatable bonds is 0. The van der Waals surface area contributed by atoms with Gasteiger partial charge in [-0.25, -0.2) is 14.5 Å². The van der Waals surface area contributed by atoms with Gasteiger partial charge in [0, 0.05) is 7.05 Å². The number of urea groups is 2. The van der Waals surface area contributed by atoms with Gasteiger partial charge in [-0.1, -0.05) is 0 Å². The van der Waals surface area contributed by atoms with Crippen molar-refractivity contribution >= 4 is 57.8 Å². The molecule has 0 spiro atoms. The lowest BCUT2D eigenvalue weighted by Gasteiger charge is -2.11. The maximum atomic E-state index is 10.7. The molecule has 0 saturated carbocycles. The van der Waals surface area contributed by atoms with Crippen LogP contribution in [0.15, 0.2) is 0 Å². The van der Waals surface area contributed by atoms with Gasteiger partial charge < -0.3 is 0 Å². The monoisotopic (exact) mass is 369 g/mol. The van der Waals surface area contributed by atoms with Crippen LogP contribution in [-0.2, 0) is 0 Å². The maximum absolute atomic E-state index is 10.7. The summed E-state index contributed by atoms with van der Waals surface area (Å²) in [6, 6.07) is -0.899. The lowest BCUT2D eigenvalue weighted by Crippen LogP contribution is -2.40. The molecule has 58 valence electrons. The highest BCUT2D eigenvalue weighted by atomic mass is 127. The number of hydrogen-bond donors (Lipinski definition) is 2. The number of carbonyl (C=O) groups excluding carboxylic acids is 2. The summed E-state index contributed by atoms with van der Waals surface area (Å²) in [6.07, 6.45) is 0. The van der Waals surface area contributed by atoms with Gasteiger partial charge in [-0.3, -0.25) is 7.06 Å². The fourth-order valence-electron chi connectivity index (χ4n) is 0.219. The van der Waals surface area contributed by atoms with E-state index < -0.39 is 12.1 Å². The minimum Gasteiger partial charge on any atom is -0.280 e. The summed E-state index contributed by atoms with van der Waals surface area (Å²) in [5.41, 5.74) is 0. The Bertz CT molecular complexity index is 135. The van der Waals surface area contributed by atoms with Crippen LogP contribution in [0.1, 0.15) is 0 Å². The van der Waals surface area contributed by atoms with Crippen LogP contribution in [0.5, 0.6) is 0 Å². The molecule has 0 aromatic carbocycles. The first-order chi connectivity index (χ1) is 4.63. The number of nitrogens with one attached hydrogen (secondary N) is 2. The predicted octanol–water partition coefficient (Wildman–Crippen LogP) is 1.04. The molecular weight excluding hydrogens is 364 g/mol. The van der Waals surface area contributed by atoms with Gasteiger partial charge in [0.15, 0.2) is 0 Å². The van der Waals surface area contributed by atoms with Crippen LogP contribution in [0.25, 0.3) is 0 Å². The van der Waals surface area contributed by atoms with Crippen molar-refractivity contribution in [1.29, 1.82) is 0 Å². The SMILES string of the molecule is CN(C(=O)NI)C(=O)NI. The van der Waals surface area contributed by atoms with Crippen LogP contribution in [0.3, 0.4) is 0 Å². The number of carbonyl (C=O) groups is 2. The Balaban J connectivity index is 3.94. The molecule has 7 heteroatoms. The first-order valence-corrected chi connectivity index (χ1v) is 4.34. The molecule has 0 fully saturated rings. The number of amides is 4. The molecule has 0 aliphatic heterocycles. The topological polar surface area (TPSA) is 61.4 Å². The van der Waals surface area contributed by atoms with Gasteiger partial charge in [-0.05, 0) is 0 Å². The van der Waals surface area contributed by atoms with Gasteiger partial charge in [0.05, 0.1) is 45.7 Å². The highest BCUT2D eigenvalue weighted by Gasteiger charge is 2.13. The predicted molar refractivity (Wildman–Crippen MR) is 52.9 cm³/mol. The summed E-state index contributed by atoms with van der Waals surface area (Å²) in [5.74, 6) is 0. The van der Waals surface area contributed by atoms with E-state index in [1.807, 2.05) is 0 Å². The molecule has 0 saturated heterocycles. The zero-order valence-corrected chi connectivity index (χ0v) is 9.33. The van der Waals surface area contributed by atoms with E-state index in [0.717, 1.165) is 4.90 Å². The number of halogens is 2. The van der Waals surface area contributed by atoms with Gasteiger partial charge in [-0.2, -0.15) is 0 Å². The minimum absolute atomic E-state index is 0.449. The van der Waals surface area contributed by atoms with Crippen LogP contribution in [-0.4, -0.2) is 24.0 Å². The Labute approximate surface area is 85.9 Å². The first kappa shape index (κ1) is 10.2. The third-order valence-electron chi connectivity index (χ3n) is 0.771. The molecule has 5 nitrogen and oxygen atoms in total. The molecule has 0 aliphatic carbocycles. The lowest BCUT2D eigenvalue weighted by molar-refractivity contribution is 0.203. The summed E-state index contributed by atoms with van der Waals surface area (Å²) in [6.45, 7) is 0. The van der Waals surface area contributed by atoms with Crippen molar-refractivity contribution in [2.24, 2.45) is 0 Å². The van der Waals surface area contributed by atoms with Crippen molar-refractivity contribution in [3.05, 3.63) is 0 Å². The van der Waals surface area contributed by atoms with E-state index in [1.165, 1.54) is 7.05 Å². The largest absolute Gasteiger partial charge is 0.334 e. The third-order valence-corrected chi connectivity index (χ3v) is 1.69. The molecular formula is C3H5I2N3O2. The zero-order chi connectivity index (χ0) is 8.15. The molecule has 0 aliphatic rings. The average molecular weight is 369 g/mol. The fraction of sp³-hybridized carbons (Fsp3) is 0.333. The first-order valence-electron chi connectivity index (χ1n) is 2.18. The summed E-state index contributed by atoms with van der Waals surface area (Å²) >= 11 is 3.31. The second kappa shape index (κ2) is 4.93. The van der Waals surface area contributed by atoms with Gasteiger partial charge >= 0.3 is 12.1 Å². The van der Waals surface area contributed by atoms with Gasteiger partial charge in [-0.15, -0.1) is 0 Å². The smallest absolute Gasteiger partial charge is 0.280 e. The van der Waals surface area contributed by atoms with Crippen molar-refractivity contribution < 1.29 is 9.59 Å². The number of hydrogen-bond acceptors (Lipinski definition) is 2. The molecule has 0 rings (SSSR count). The van der Waals surface area contributed by atoms with Crippen LogP contribution in [0, 0.1) is 0 Å².